The van der Waals surface area contributed by atoms with Gasteiger partial charge in [-0.15, -0.1) is 0 Å². The van der Waals surface area contributed by atoms with Crippen LogP contribution in [0, 0.1) is 0 Å². The molecule has 30 heavy (non-hydrogen) atoms. The third-order valence-corrected chi connectivity index (χ3v) is 4.88. The summed E-state index contributed by atoms with van der Waals surface area (Å²) in [7, 11) is 1.97. The molecule has 1 aromatic heterocycles. The topological polar surface area (TPSA) is 121 Å². The van der Waals surface area contributed by atoms with E-state index in [0.29, 0.717) is 48.3 Å². The molecule has 4 rings (SSSR count). The second-order valence-corrected chi connectivity index (χ2v) is 7.10. The van der Waals surface area contributed by atoms with Crippen LogP contribution in [0.5, 0.6) is 5.75 Å². The highest BCUT2D eigenvalue weighted by Gasteiger charge is 2.33. The monoisotopic (exact) mass is 409 g/mol. The number of carbonyl (C=O) groups is 2. The van der Waals surface area contributed by atoms with Crippen LogP contribution >= 0.6 is 0 Å². The van der Waals surface area contributed by atoms with Crippen LogP contribution in [0.2, 0.25) is 0 Å². The van der Waals surface area contributed by atoms with Crippen LogP contribution < -0.4 is 20.7 Å². The number of hydrogen-bond donors (Lipinski definition) is 3. The number of nitrogens with one attached hydrogen (secondary N) is 3. The van der Waals surface area contributed by atoms with E-state index in [-0.39, 0.29) is 18.4 Å². The molecule has 156 valence electrons. The van der Waals surface area contributed by atoms with Crippen molar-refractivity contribution in [1.29, 1.82) is 0 Å². The van der Waals surface area contributed by atoms with Gasteiger partial charge in [0.2, 0.25) is 5.91 Å². The standard InChI is InChI=1S/C20H23N7O3/c1-27-7-5-21-16(28)11-30-14-4-2-3-13(9-14)23-10-15-17-18(22-6-8-27)24-12-25-19(17)26-20(15)29/h2-4,9-10,12,15H,5-8,11H2,1H3,(H,21,28)(H2,22,24,25,26,29). The predicted octanol–water partition coefficient (Wildman–Crippen LogP) is 0.767. The summed E-state index contributed by atoms with van der Waals surface area (Å²) in [6.07, 6.45) is 3.00. The Balaban J connectivity index is 1.63. The molecular formula is C20H23N7O3. The normalized spacial score (nSPS) is 20.1. The summed E-state index contributed by atoms with van der Waals surface area (Å²) in [6, 6.07) is 7.05. The smallest absolute Gasteiger partial charge is 0.257 e. The van der Waals surface area contributed by atoms with Gasteiger partial charge in [0.25, 0.3) is 5.91 Å². The zero-order valence-electron chi connectivity index (χ0n) is 16.6. The first-order chi connectivity index (χ1) is 14.6. The second-order valence-electron chi connectivity index (χ2n) is 7.10. The molecule has 1 atom stereocenters. The number of nitrogens with zero attached hydrogens (tertiary/aromatic N) is 4. The molecule has 2 amide bonds. The summed E-state index contributed by atoms with van der Waals surface area (Å²) in [4.78, 5) is 39.5. The molecule has 1 unspecified atom stereocenters. The molecule has 0 saturated heterocycles. The quantitative estimate of drug-likeness (QED) is 0.588. The predicted molar refractivity (Wildman–Crippen MR) is 112 cm³/mol. The Kier molecular flexibility index (Phi) is 5.84. The Bertz CT molecular complexity index is 979. The SMILES string of the molecule is CN1CCNC(=O)COc2cccc(c2)N=CC2C(=O)Nc3ncnc(c32)NCC1. The van der Waals surface area contributed by atoms with Crippen LogP contribution in [-0.4, -0.2) is 72.7 Å². The van der Waals surface area contributed by atoms with E-state index >= 15 is 0 Å². The van der Waals surface area contributed by atoms with E-state index in [1.165, 1.54) is 6.33 Å². The third kappa shape index (κ3) is 4.54. The van der Waals surface area contributed by atoms with Crippen LogP contribution in [0.1, 0.15) is 11.5 Å². The van der Waals surface area contributed by atoms with Gasteiger partial charge in [-0.2, -0.15) is 0 Å². The summed E-state index contributed by atoms with van der Waals surface area (Å²) in [6.45, 7) is 2.50. The summed E-state index contributed by atoms with van der Waals surface area (Å²) in [5.41, 5.74) is 1.30. The molecule has 2 aromatic rings. The van der Waals surface area contributed by atoms with Crippen molar-refractivity contribution < 1.29 is 14.3 Å². The van der Waals surface area contributed by atoms with E-state index in [4.69, 9.17) is 4.74 Å². The molecule has 0 saturated carbocycles. The van der Waals surface area contributed by atoms with Crippen LogP contribution in [0.15, 0.2) is 35.6 Å². The van der Waals surface area contributed by atoms with Gasteiger partial charge in [-0.3, -0.25) is 14.6 Å². The Labute approximate surface area is 173 Å². The van der Waals surface area contributed by atoms with Crippen LogP contribution in [0.4, 0.5) is 17.3 Å². The minimum Gasteiger partial charge on any atom is -0.484 e. The fourth-order valence-electron chi connectivity index (χ4n) is 3.28. The minimum absolute atomic E-state index is 0.0719. The molecular weight excluding hydrogens is 386 g/mol. The van der Waals surface area contributed by atoms with Crippen molar-refractivity contribution in [3.63, 3.8) is 0 Å². The van der Waals surface area contributed by atoms with Crippen molar-refractivity contribution in [1.82, 2.24) is 20.2 Å². The second kappa shape index (κ2) is 8.87. The van der Waals surface area contributed by atoms with E-state index < -0.39 is 5.92 Å². The number of anilines is 2. The Hall–Kier alpha value is -3.53. The van der Waals surface area contributed by atoms with Gasteiger partial charge in [0.1, 0.15) is 29.6 Å². The summed E-state index contributed by atoms with van der Waals surface area (Å²) >= 11 is 0. The van der Waals surface area contributed by atoms with Gasteiger partial charge in [-0.25, -0.2) is 9.97 Å². The number of carbonyl (C=O) groups excluding carboxylic acids is 2. The van der Waals surface area contributed by atoms with Gasteiger partial charge in [0, 0.05) is 38.5 Å². The lowest BCUT2D eigenvalue weighted by Crippen LogP contribution is -2.37. The van der Waals surface area contributed by atoms with Crippen LogP contribution in [0.3, 0.4) is 0 Å². The van der Waals surface area contributed by atoms with E-state index in [9.17, 15) is 9.59 Å². The number of likely N-dealkylation sites (N-methyl/N-ethyl adjacent to an activating group) is 1. The first kappa shape index (κ1) is 19.8. The molecule has 10 heteroatoms. The number of amides is 2. The van der Waals surface area contributed by atoms with Gasteiger partial charge in [0.05, 0.1) is 11.3 Å². The molecule has 0 radical (unpaired) electrons. The van der Waals surface area contributed by atoms with Crippen molar-refractivity contribution >= 4 is 35.4 Å². The van der Waals surface area contributed by atoms with E-state index in [0.717, 1.165) is 6.54 Å². The fourth-order valence-corrected chi connectivity index (χ4v) is 3.28. The molecule has 2 aliphatic rings. The van der Waals surface area contributed by atoms with Crippen molar-refractivity contribution in [2.75, 3.05) is 50.5 Å². The molecule has 0 spiro atoms. The maximum atomic E-state index is 12.5. The van der Waals surface area contributed by atoms with Crippen molar-refractivity contribution in [3.8, 4) is 5.75 Å². The lowest BCUT2D eigenvalue weighted by molar-refractivity contribution is -0.123. The van der Waals surface area contributed by atoms with Gasteiger partial charge in [0.15, 0.2) is 6.61 Å². The van der Waals surface area contributed by atoms with Crippen LogP contribution in [0.25, 0.3) is 0 Å². The van der Waals surface area contributed by atoms with E-state index in [2.05, 4.69) is 35.8 Å². The minimum atomic E-state index is -0.601. The van der Waals surface area contributed by atoms with Crippen molar-refractivity contribution in [2.24, 2.45) is 4.99 Å². The molecule has 3 heterocycles. The van der Waals surface area contributed by atoms with E-state index in [1.54, 1.807) is 30.5 Å². The molecule has 10 nitrogen and oxygen atoms in total. The number of benzene rings is 1. The van der Waals surface area contributed by atoms with Gasteiger partial charge < -0.3 is 25.6 Å². The fraction of sp³-hybridized carbons (Fsp3) is 0.350. The highest BCUT2D eigenvalue weighted by atomic mass is 16.5. The van der Waals surface area contributed by atoms with Crippen molar-refractivity contribution in [3.05, 3.63) is 36.2 Å². The Morgan fingerprint density at radius 3 is 2.77 bits per heavy atom. The number of hydrogen-bond acceptors (Lipinski definition) is 8. The van der Waals surface area contributed by atoms with Gasteiger partial charge in [-0.05, 0) is 19.2 Å². The maximum absolute atomic E-state index is 12.5. The van der Waals surface area contributed by atoms with Gasteiger partial charge in [-0.1, -0.05) is 6.07 Å². The molecule has 2 bridgehead atoms. The molecule has 2 aliphatic heterocycles. The highest BCUT2D eigenvalue weighted by Crippen LogP contribution is 2.34. The molecule has 0 aliphatic carbocycles. The first-order valence-corrected chi connectivity index (χ1v) is 9.72. The number of ether oxygens (including phenoxy) is 1. The van der Waals surface area contributed by atoms with E-state index in [1.807, 2.05) is 7.05 Å². The zero-order chi connectivity index (χ0) is 20.9. The van der Waals surface area contributed by atoms with Gasteiger partial charge >= 0.3 is 0 Å². The zero-order valence-corrected chi connectivity index (χ0v) is 16.6. The molecule has 0 fully saturated rings. The summed E-state index contributed by atoms with van der Waals surface area (Å²) in [5.74, 6) is 0.645. The average Bonchev–Trinajstić information content (AvgIpc) is 3.06. The summed E-state index contributed by atoms with van der Waals surface area (Å²) < 4.78 is 5.56. The lowest BCUT2D eigenvalue weighted by Gasteiger charge is -2.18. The maximum Gasteiger partial charge on any atom is 0.257 e. The molecule has 3 N–H and O–H groups in total. The number of aromatic nitrogens is 2. The Morgan fingerprint density at radius 1 is 1.10 bits per heavy atom. The largest absolute Gasteiger partial charge is 0.484 e. The first-order valence-electron chi connectivity index (χ1n) is 9.72. The van der Waals surface area contributed by atoms with Crippen LogP contribution in [-0.2, 0) is 9.59 Å². The summed E-state index contributed by atoms with van der Waals surface area (Å²) in [5, 5.41) is 8.92. The van der Waals surface area contributed by atoms with Crippen molar-refractivity contribution in [2.45, 2.75) is 5.92 Å². The third-order valence-electron chi connectivity index (χ3n) is 4.88. The Morgan fingerprint density at radius 2 is 1.90 bits per heavy atom. The number of aliphatic imine (C=N–C) groups is 1. The lowest BCUT2D eigenvalue weighted by atomic mass is 10.0. The molecule has 1 aromatic carbocycles. The number of rotatable bonds is 0. The highest BCUT2D eigenvalue weighted by molar-refractivity contribution is 6.13. The number of fused-ring (bicyclic) bond motifs is 2. The average molecular weight is 409 g/mol.